The predicted octanol–water partition coefficient (Wildman–Crippen LogP) is 3.26. The second-order valence-electron chi connectivity index (χ2n) is 4.13. The van der Waals surface area contributed by atoms with E-state index in [-0.39, 0.29) is 10.3 Å². The summed E-state index contributed by atoms with van der Waals surface area (Å²) in [6, 6.07) is 2.85. The summed E-state index contributed by atoms with van der Waals surface area (Å²) in [6.45, 7) is 2.38. The van der Waals surface area contributed by atoms with Crippen LogP contribution in [0.4, 0.5) is 4.39 Å². The van der Waals surface area contributed by atoms with Crippen LogP contribution in [0.1, 0.15) is 6.92 Å². The van der Waals surface area contributed by atoms with Gasteiger partial charge >= 0.3 is 0 Å². The number of rotatable bonds is 3. The van der Waals surface area contributed by atoms with Crippen molar-refractivity contribution in [1.29, 1.82) is 0 Å². The second kappa shape index (κ2) is 5.11. The van der Waals surface area contributed by atoms with E-state index in [4.69, 9.17) is 23.8 Å². The maximum Gasteiger partial charge on any atom is 0.178 e. The van der Waals surface area contributed by atoms with Gasteiger partial charge in [-0.2, -0.15) is 0 Å². The molecule has 0 aliphatic heterocycles. The van der Waals surface area contributed by atoms with Crippen molar-refractivity contribution in [3.05, 3.63) is 27.7 Å². The molecule has 1 aromatic heterocycles. The molecule has 0 bridgehead atoms. The lowest BCUT2D eigenvalue weighted by molar-refractivity contribution is 0.629. The summed E-state index contributed by atoms with van der Waals surface area (Å²) in [6.07, 6.45) is 1.65. The number of fused-ring (bicyclic) bond motifs is 1. The highest BCUT2D eigenvalue weighted by Crippen LogP contribution is 2.23. The molecule has 0 saturated carbocycles. The topological polar surface area (TPSA) is 37.8 Å². The molecule has 0 aliphatic carbocycles. The monoisotopic (exact) mass is 306 g/mol. The van der Waals surface area contributed by atoms with E-state index < -0.39 is 16.6 Å². The number of nitrogens with zero attached hydrogens (tertiary/aromatic N) is 1. The highest BCUT2D eigenvalue weighted by atomic mass is 35.5. The number of hydrogen-bond acceptors (Lipinski definition) is 2. The lowest BCUT2D eigenvalue weighted by atomic mass is 10.3. The molecule has 3 nitrogen and oxygen atoms in total. The fraction of sp³-hybridized carbons (Fsp3) is 0.364. The molecule has 7 heteroatoms. The predicted molar refractivity (Wildman–Crippen MR) is 75.6 cm³/mol. The molecule has 0 amide bonds. The first-order valence-corrected chi connectivity index (χ1v) is 7.70. The second-order valence-corrected chi connectivity index (χ2v) is 6.73. The van der Waals surface area contributed by atoms with Crippen molar-refractivity contribution in [3.63, 3.8) is 0 Å². The molecule has 0 fully saturated rings. The van der Waals surface area contributed by atoms with E-state index in [1.54, 1.807) is 10.8 Å². The molecule has 1 N–H and O–H groups in total. The van der Waals surface area contributed by atoms with E-state index in [1.165, 1.54) is 12.1 Å². The van der Waals surface area contributed by atoms with Crippen LogP contribution in [0.15, 0.2) is 12.1 Å². The van der Waals surface area contributed by atoms with Gasteiger partial charge in [-0.1, -0.05) is 11.6 Å². The third-order valence-electron chi connectivity index (χ3n) is 2.82. The van der Waals surface area contributed by atoms with Crippen LogP contribution in [0.25, 0.3) is 11.0 Å². The van der Waals surface area contributed by atoms with Gasteiger partial charge in [0.05, 0.1) is 16.1 Å². The standard InChI is InChI=1S/C11H12ClFN2OS2/c1-6(18(2)16)5-15-10-3-7(12)8(13)4-9(10)14-11(15)17/h3-4,6H,5H2,1-2H3,(H,14,17). The molecular formula is C11H12ClFN2OS2. The maximum atomic E-state index is 13.3. The zero-order chi connectivity index (χ0) is 13.4. The minimum absolute atomic E-state index is 0.0421. The van der Waals surface area contributed by atoms with Gasteiger partial charge in [0.1, 0.15) is 5.82 Å². The Morgan fingerprint density at radius 3 is 2.89 bits per heavy atom. The Kier molecular flexibility index (Phi) is 3.89. The molecule has 0 saturated heterocycles. The average Bonchev–Trinajstić information content (AvgIpc) is 2.56. The Bertz CT molecular complexity index is 679. The van der Waals surface area contributed by atoms with Gasteiger partial charge in [-0.15, -0.1) is 0 Å². The fourth-order valence-corrected chi connectivity index (χ4v) is 2.49. The lowest BCUT2D eigenvalue weighted by Crippen LogP contribution is -2.17. The molecule has 1 aromatic carbocycles. The Labute approximate surface area is 116 Å². The third kappa shape index (κ3) is 2.50. The number of aromatic nitrogens is 2. The van der Waals surface area contributed by atoms with Crippen molar-refractivity contribution in [2.24, 2.45) is 0 Å². The first kappa shape index (κ1) is 13.7. The van der Waals surface area contributed by atoms with Crippen LogP contribution < -0.4 is 0 Å². The van der Waals surface area contributed by atoms with Crippen LogP contribution in [0, 0.1) is 10.6 Å². The van der Waals surface area contributed by atoms with E-state index in [0.29, 0.717) is 16.8 Å². The first-order valence-electron chi connectivity index (χ1n) is 5.30. The molecule has 2 rings (SSSR count). The van der Waals surface area contributed by atoms with Gasteiger partial charge in [-0.25, -0.2) is 4.39 Å². The zero-order valence-electron chi connectivity index (χ0n) is 9.87. The van der Waals surface area contributed by atoms with Crippen LogP contribution in [-0.4, -0.2) is 25.3 Å². The summed E-state index contributed by atoms with van der Waals surface area (Å²) < 4.78 is 27.0. The molecule has 0 spiro atoms. The molecule has 1 heterocycles. The number of imidazole rings is 1. The number of aromatic amines is 1. The third-order valence-corrected chi connectivity index (χ3v) is 4.72. The Hall–Kier alpha value is -0.720. The minimum Gasteiger partial charge on any atom is -0.330 e. The number of hydrogen-bond donors (Lipinski definition) is 1. The summed E-state index contributed by atoms with van der Waals surface area (Å²) >= 11 is 11.0. The number of H-pyrrole nitrogens is 1. The SMILES string of the molecule is CC(Cn1c(=S)[nH]c2cc(F)c(Cl)cc21)S(C)=O. The van der Waals surface area contributed by atoms with Crippen molar-refractivity contribution in [2.75, 3.05) is 6.26 Å². The Morgan fingerprint density at radius 2 is 2.28 bits per heavy atom. The van der Waals surface area contributed by atoms with Gasteiger partial charge in [0.15, 0.2) is 4.77 Å². The van der Waals surface area contributed by atoms with Gasteiger partial charge in [-0.05, 0) is 25.2 Å². The molecule has 0 aliphatic rings. The molecule has 0 radical (unpaired) electrons. The summed E-state index contributed by atoms with van der Waals surface area (Å²) in [5.41, 5.74) is 1.32. The van der Waals surface area contributed by atoms with Gasteiger partial charge in [-0.3, -0.25) is 4.21 Å². The van der Waals surface area contributed by atoms with Crippen molar-refractivity contribution in [3.8, 4) is 0 Å². The molecule has 2 aromatic rings. The summed E-state index contributed by atoms with van der Waals surface area (Å²) in [5.74, 6) is -0.486. The van der Waals surface area contributed by atoms with Crippen molar-refractivity contribution < 1.29 is 8.60 Å². The quantitative estimate of drug-likeness (QED) is 0.884. The minimum atomic E-state index is -0.944. The smallest absolute Gasteiger partial charge is 0.178 e. The Balaban J connectivity index is 2.57. The van der Waals surface area contributed by atoms with Crippen LogP contribution in [0.3, 0.4) is 0 Å². The molecule has 18 heavy (non-hydrogen) atoms. The molecule has 2 atom stereocenters. The highest BCUT2D eigenvalue weighted by Gasteiger charge is 2.13. The van der Waals surface area contributed by atoms with Crippen molar-refractivity contribution >= 4 is 45.7 Å². The first-order chi connectivity index (χ1) is 8.40. The molecule has 2 unspecified atom stereocenters. The summed E-state index contributed by atoms with van der Waals surface area (Å²) in [7, 11) is -0.944. The molecular weight excluding hydrogens is 295 g/mol. The Morgan fingerprint density at radius 1 is 1.61 bits per heavy atom. The van der Waals surface area contributed by atoms with Crippen LogP contribution >= 0.6 is 23.8 Å². The molecule has 98 valence electrons. The average molecular weight is 307 g/mol. The number of benzene rings is 1. The number of nitrogens with one attached hydrogen (secondary N) is 1. The van der Waals surface area contributed by atoms with Gasteiger partial charge in [0.25, 0.3) is 0 Å². The van der Waals surface area contributed by atoms with Gasteiger partial charge in [0, 0.05) is 34.9 Å². The highest BCUT2D eigenvalue weighted by molar-refractivity contribution is 7.84. The van der Waals surface area contributed by atoms with E-state index in [1.807, 2.05) is 6.92 Å². The van der Waals surface area contributed by atoms with Crippen LogP contribution in [0.2, 0.25) is 5.02 Å². The normalized spacial score (nSPS) is 14.9. The largest absolute Gasteiger partial charge is 0.330 e. The van der Waals surface area contributed by atoms with Crippen molar-refractivity contribution in [2.45, 2.75) is 18.7 Å². The zero-order valence-corrected chi connectivity index (χ0v) is 12.3. The fourth-order valence-electron chi connectivity index (χ4n) is 1.70. The van der Waals surface area contributed by atoms with E-state index >= 15 is 0 Å². The number of halogens is 2. The lowest BCUT2D eigenvalue weighted by Gasteiger charge is -2.10. The summed E-state index contributed by atoms with van der Waals surface area (Å²) in [5, 5.41) is 0.00931. The van der Waals surface area contributed by atoms with E-state index in [9.17, 15) is 8.60 Å². The van der Waals surface area contributed by atoms with Gasteiger partial charge < -0.3 is 9.55 Å². The van der Waals surface area contributed by atoms with Crippen molar-refractivity contribution in [1.82, 2.24) is 9.55 Å². The maximum absolute atomic E-state index is 13.3. The van der Waals surface area contributed by atoms with Gasteiger partial charge in [0.2, 0.25) is 0 Å². The van der Waals surface area contributed by atoms with Crippen LogP contribution in [0.5, 0.6) is 0 Å². The van der Waals surface area contributed by atoms with E-state index in [2.05, 4.69) is 4.98 Å². The van der Waals surface area contributed by atoms with E-state index in [0.717, 1.165) is 5.52 Å². The van der Waals surface area contributed by atoms with Crippen LogP contribution in [-0.2, 0) is 17.3 Å². The summed E-state index contributed by atoms with van der Waals surface area (Å²) in [4.78, 5) is 2.92.